The predicted molar refractivity (Wildman–Crippen MR) is 42.5 cm³/mol. The second-order valence-corrected chi connectivity index (χ2v) is 3.46. The molecule has 2 nitrogen and oxygen atoms in total. The van der Waals surface area contributed by atoms with Gasteiger partial charge in [0.25, 0.3) is 0 Å². The summed E-state index contributed by atoms with van der Waals surface area (Å²) < 4.78 is 42.7. The molecule has 1 fully saturated rings. The minimum absolute atomic E-state index is 0.115. The van der Waals surface area contributed by atoms with Crippen molar-refractivity contribution in [2.75, 3.05) is 26.8 Å². The zero-order valence-corrected chi connectivity index (χ0v) is 7.58. The van der Waals surface area contributed by atoms with Gasteiger partial charge in [0.05, 0.1) is 12.0 Å². The lowest BCUT2D eigenvalue weighted by molar-refractivity contribution is -0.246. The highest BCUT2D eigenvalue weighted by atomic mass is 19.4. The van der Waals surface area contributed by atoms with Crippen LogP contribution in [-0.4, -0.2) is 33.0 Å². The number of hydrogen-bond donors (Lipinski definition) is 1. The van der Waals surface area contributed by atoms with E-state index >= 15 is 0 Å². The molecule has 1 aliphatic heterocycles. The summed E-state index contributed by atoms with van der Waals surface area (Å²) in [7, 11) is 1.32. The third-order valence-electron chi connectivity index (χ3n) is 2.58. The maximum Gasteiger partial charge on any atom is 0.396 e. The van der Waals surface area contributed by atoms with E-state index in [4.69, 9.17) is 0 Å². The van der Waals surface area contributed by atoms with Gasteiger partial charge < -0.3 is 10.1 Å². The summed E-state index contributed by atoms with van der Waals surface area (Å²) in [5, 5.41) is 2.91. The van der Waals surface area contributed by atoms with Crippen LogP contribution in [0.5, 0.6) is 0 Å². The Morgan fingerprint density at radius 2 is 1.85 bits per heavy atom. The van der Waals surface area contributed by atoms with Crippen molar-refractivity contribution in [2.45, 2.75) is 19.0 Å². The topological polar surface area (TPSA) is 21.3 Å². The molecule has 1 saturated heterocycles. The fourth-order valence-electron chi connectivity index (χ4n) is 1.69. The Balaban J connectivity index is 2.73. The van der Waals surface area contributed by atoms with Gasteiger partial charge in [0, 0.05) is 7.11 Å². The molecule has 13 heavy (non-hydrogen) atoms. The molecule has 0 unspecified atom stereocenters. The number of alkyl halides is 3. The molecule has 0 aliphatic carbocycles. The highest BCUT2D eigenvalue weighted by Crippen LogP contribution is 2.44. The van der Waals surface area contributed by atoms with Crippen LogP contribution in [0.25, 0.3) is 0 Å². The van der Waals surface area contributed by atoms with Crippen LogP contribution in [0.1, 0.15) is 12.8 Å². The first kappa shape index (κ1) is 10.8. The molecule has 0 radical (unpaired) electrons. The van der Waals surface area contributed by atoms with Crippen LogP contribution >= 0.6 is 0 Å². The maximum absolute atomic E-state index is 12.7. The highest BCUT2D eigenvalue weighted by molar-refractivity contribution is 4.90. The van der Waals surface area contributed by atoms with E-state index in [1.807, 2.05) is 0 Å². The molecule has 78 valence electrons. The molecule has 1 rings (SSSR count). The first-order chi connectivity index (χ1) is 6.02. The van der Waals surface area contributed by atoms with Crippen LogP contribution in [-0.2, 0) is 4.74 Å². The van der Waals surface area contributed by atoms with Crippen LogP contribution in [0.4, 0.5) is 13.2 Å². The Labute approximate surface area is 75.4 Å². The second-order valence-electron chi connectivity index (χ2n) is 3.46. The number of hydrogen-bond acceptors (Lipinski definition) is 2. The summed E-state index contributed by atoms with van der Waals surface area (Å²) in [4.78, 5) is 0. The quantitative estimate of drug-likeness (QED) is 0.725. The Hall–Kier alpha value is -0.290. The number of nitrogens with one attached hydrogen (secondary N) is 1. The van der Waals surface area contributed by atoms with Crippen LogP contribution in [0.2, 0.25) is 0 Å². The predicted octanol–water partition coefficient (Wildman–Crippen LogP) is 1.56. The molecule has 1 aliphatic rings. The van der Waals surface area contributed by atoms with E-state index < -0.39 is 11.6 Å². The van der Waals surface area contributed by atoms with Crippen molar-refractivity contribution < 1.29 is 17.9 Å². The van der Waals surface area contributed by atoms with Gasteiger partial charge in [0.2, 0.25) is 0 Å². The lowest BCUT2D eigenvalue weighted by Crippen LogP contribution is -2.49. The van der Waals surface area contributed by atoms with Gasteiger partial charge >= 0.3 is 6.18 Å². The van der Waals surface area contributed by atoms with E-state index in [0.717, 1.165) is 0 Å². The summed E-state index contributed by atoms with van der Waals surface area (Å²) >= 11 is 0. The van der Waals surface area contributed by atoms with Gasteiger partial charge in [-0.05, 0) is 25.9 Å². The van der Waals surface area contributed by atoms with E-state index in [2.05, 4.69) is 10.1 Å². The number of halogens is 3. The minimum atomic E-state index is -4.15. The van der Waals surface area contributed by atoms with Gasteiger partial charge in [-0.15, -0.1) is 0 Å². The lowest BCUT2D eigenvalue weighted by atomic mass is 9.79. The highest BCUT2D eigenvalue weighted by Gasteiger charge is 2.54. The van der Waals surface area contributed by atoms with Gasteiger partial charge in [-0.1, -0.05) is 0 Å². The fraction of sp³-hybridized carbons (Fsp3) is 1.00. The third kappa shape index (κ3) is 2.14. The Morgan fingerprint density at radius 3 is 2.23 bits per heavy atom. The van der Waals surface area contributed by atoms with Crippen molar-refractivity contribution >= 4 is 0 Å². The molecular weight excluding hydrogens is 183 g/mol. The Bertz CT molecular complexity index is 158. The summed E-state index contributed by atoms with van der Waals surface area (Å²) in [6.45, 7) is 0.615. The average Bonchev–Trinajstić information content (AvgIpc) is 2.04. The van der Waals surface area contributed by atoms with E-state index in [9.17, 15) is 13.2 Å². The Morgan fingerprint density at radius 1 is 1.31 bits per heavy atom. The SMILES string of the molecule is COCC1(C(F)(F)F)CCNCC1. The molecule has 1 heterocycles. The molecule has 0 atom stereocenters. The zero-order valence-electron chi connectivity index (χ0n) is 7.58. The molecule has 0 amide bonds. The van der Waals surface area contributed by atoms with Crippen LogP contribution in [0.3, 0.4) is 0 Å². The molecule has 0 saturated carbocycles. The van der Waals surface area contributed by atoms with E-state index in [0.29, 0.717) is 13.1 Å². The van der Waals surface area contributed by atoms with Crippen molar-refractivity contribution in [1.82, 2.24) is 5.32 Å². The van der Waals surface area contributed by atoms with Crippen molar-refractivity contribution in [3.8, 4) is 0 Å². The van der Waals surface area contributed by atoms with Gasteiger partial charge in [-0.3, -0.25) is 0 Å². The fourth-order valence-corrected chi connectivity index (χ4v) is 1.69. The number of rotatable bonds is 2. The Kier molecular flexibility index (Phi) is 3.18. The molecule has 0 aromatic rings. The summed E-state index contributed by atoms with van der Waals surface area (Å²) in [5.41, 5.74) is -1.62. The van der Waals surface area contributed by atoms with Gasteiger partial charge in [0.1, 0.15) is 0 Å². The number of piperidine rings is 1. The summed E-state index contributed by atoms with van der Waals surface area (Å²) in [5.74, 6) is 0. The van der Waals surface area contributed by atoms with Crippen molar-refractivity contribution in [3.05, 3.63) is 0 Å². The van der Waals surface area contributed by atoms with Gasteiger partial charge in [-0.25, -0.2) is 0 Å². The van der Waals surface area contributed by atoms with Gasteiger partial charge in [0.15, 0.2) is 0 Å². The van der Waals surface area contributed by atoms with E-state index in [1.165, 1.54) is 7.11 Å². The first-order valence-corrected chi connectivity index (χ1v) is 4.28. The maximum atomic E-state index is 12.7. The molecule has 5 heteroatoms. The van der Waals surface area contributed by atoms with E-state index in [1.54, 1.807) is 0 Å². The average molecular weight is 197 g/mol. The standard InChI is InChI=1S/C8H14F3NO/c1-13-6-7(8(9,10)11)2-4-12-5-3-7/h12H,2-6H2,1H3. The van der Waals surface area contributed by atoms with E-state index in [-0.39, 0.29) is 19.4 Å². The van der Waals surface area contributed by atoms with Crippen molar-refractivity contribution in [2.24, 2.45) is 5.41 Å². The lowest BCUT2D eigenvalue weighted by Gasteiger charge is -2.38. The first-order valence-electron chi connectivity index (χ1n) is 4.28. The second kappa shape index (κ2) is 3.84. The number of methoxy groups -OCH3 is 1. The summed E-state index contributed by atoms with van der Waals surface area (Å²) in [6, 6.07) is 0. The summed E-state index contributed by atoms with van der Waals surface area (Å²) in [6.07, 6.45) is -3.92. The molecule has 0 aromatic carbocycles. The van der Waals surface area contributed by atoms with Crippen molar-refractivity contribution in [1.29, 1.82) is 0 Å². The largest absolute Gasteiger partial charge is 0.396 e. The van der Waals surface area contributed by atoms with Crippen LogP contribution in [0.15, 0.2) is 0 Å². The van der Waals surface area contributed by atoms with Crippen LogP contribution < -0.4 is 5.32 Å². The van der Waals surface area contributed by atoms with Crippen LogP contribution in [0, 0.1) is 5.41 Å². The minimum Gasteiger partial charge on any atom is -0.384 e. The molecule has 0 bridgehead atoms. The normalized spacial score (nSPS) is 23.1. The smallest absolute Gasteiger partial charge is 0.384 e. The monoisotopic (exact) mass is 197 g/mol. The molecule has 0 spiro atoms. The van der Waals surface area contributed by atoms with Crippen molar-refractivity contribution in [3.63, 3.8) is 0 Å². The zero-order chi connectivity index (χ0) is 9.95. The molecule has 1 N–H and O–H groups in total. The molecule has 0 aromatic heterocycles. The van der Waals surface area contributed by atoms with Gasteiger partial charge in [-0.2, -0.15) is 13.2 Å². The molecular formula is C8H14F3NO. The third-order valence-corrected chi connectivity index (χ3v) is 2.58. The number of ether oxygens (including phenoxy) is 1.